The SMILES string of the molecule is CCOC(=O)C1CCC(F)C(OC)N1. The van der Waals surface area contributed by atoms with Crippen LogP contribution in [-0.2, 0) is 14.3 Å². The van der Waals surface area contributed by atoms with Crippen molar-refractivity contribution in [3.63, 3.8) is 0 Å². The number of alkyl halides is 1. The standard InChI is InChI=1S/C9H16FNO3/c1-3-14-9(12)7-5-4-6(10)8(11-7)13-2/h6-8,11H,3-5H2,1-2H3. The minimum atomic E-state index is -1.05. The van der Waals surface area contributed by atoms with Gasteiger partial charge in [-0.15, -0.1) is 0 Å². The summed E-state index contributed by atoms with van der Waals surface area (Å²) in [7, 11) is 1.41. The average Bonchev–Trinajstić information content (AvgIpc) is 2.19. The van der Waals surface area contributed by atoms with E-state index in [-0.39, 0.29) is 5.97 Å². The number of hydrogen-bond donors (Lipinski definition) is 1. The topological polar surface area (TPSA) is 47.6 Å². The van der Waals surface area contributed by atoms with Gasteiger partial charge in [0.1, 0.15) is 18.4 Å². The summed E-state index contributed by atoms with van der Waals surface area (Å²) in [5, 5.41) is 2.77. The molecule has 4 nitrogen and oxygen atoms in total. The summed E-state index contributed by atoms with van der Waals surface area (Å²) in [4.78, 5) is 11.3. The molecule has 14 heavy (non-hydrogen) atoms. The first-order valence-corrected chi connectivity index (χ1v) is 4.78. The molecule has 0 aliphatic carbocycles. The van der Waals surface area contributed by atoms with Crippen LogP contribution in [0.1, 0.15) is 19.8 Å². The van der Waals surface area contributed by atoms with Gasteiger partial charge in [-0.05, 0) is 19.8 Å². The summed E-state index contributed by atoms with van der Waals surface area (Å²) in [6.45, 7) is 2.08. The molecule has 1 heterocycles. The largest absolute Gasteiger partial charge is 0.465 e. The second-order valence-electron chi connectivity index (χ2n) is 3.22. The molecule has 0 radical (unpaired) electrons. The number of rotatable bonds is 3. The van der Waals surface area contributed by atoms with Gasteiger partial charge < -0.3 is 9.47 Å². The number of halogens is 1. The van der Waals surface area contributed by atoms with Crippen LogP contribution in [0.25, 0.3) is 0 Å². The maximum absolute atomic E-state index is 13.1. The molecule has 1 aliphatic heterocycles. The highest BCUT2D eigenvalue weighted by Gasteiger charge is 2.33. The second kappa shape index (κ2) is 5.26. The first-order valence-electron chi connectivity index (χ1n) is 4.78. The van der Waals surface area contributed by atoms with Gasteiger partial charge in [-0.2, -0.15) is 0 Å². The Labute approximate surface area is 82.8 Å². The highest BCUT2D eigenvalue weighted by molar-refractivity contribution is 5.75. The molecule has 0 bridgehead atoms. The fourth-order valence-corrected chi connectivity index (χ4v) is 1.51. The van der Waals surface area contributed by atoms with Crippen LogP contribution in [0.4, 0.5) is 4.39 Å². The zero-order valence-electron chi connectivity index (χ0n) is 8.46. The Balaban J connectivity index is 2.45. The molecule has 0 amide bonds. The number of piperidine rings is 1. The summed E-state index contributed by atoms with van der Waals surface area (Å²) in [6.07, 6.45) is -0.960. The molecule has 1 N–H and O–H groups in total. The van der Waals surface area contributed by atoms with Crippen LogP contribution in [0.2, 0.25) is 0 Å². The Morgan fingerprint density at radius 2 is 2.29 bits per heavy atom. The maximum Gasteiger partial charge on any atom is 0.323 e. The van der Waals surface area contributed by atoms with Crippen molar-refractivity contribution in [1.29, 1.82) is 0 Å². The van der Waals surface area contributed by atoms with Crippen molar-refractivity contribution in [3.8, 4) is 0 Å². The zero-order valence-corrected chi connectivity index (χ0v) is 8.46. The first-order chi connectivity index (χ1) is 6.69. The molecular weight excluding hydrogens is 189 g/mol. The lowest BCUT2D eigenvalue weighted by molar-refractivity contribution is -0.149. The van der Waals surface area contributed by atoms with Gasteiger partial charge in [0.2, 0.25) is 0 Å². The third-order valence-electron chi connectivity index (χ3n) is 2.25. The molecule has 5 heteroatoms. The zero-order chi connectivity index (χ0) is 10.6. The van der Waals surface area contributed by atoms with Gasteiger partial charge in [0, 0.05) is 7.11 Å². The van der Waals surface area contributed by atoms with Gasteiger partial charge >= 0.3 is 5.97 Å². The molecule has 0 saturated carbocycles. The second-order valence-corrected chi connectivity index (χ2v) is 3.22. The van der Waals surface area contributed by atoms with E-state index in [0.29, 0.717) is 19.4 Å². The lowest BCUT2D eigenvalue weighted by Gasteiger charge is -2.31. The van der Waals surface area contributed by atoms with E-state index in [4.69, 9.17) is 9.47 Å². The number of nitrogens with one attached hydrogen (secondary N) is 1. The van der Waals surface area contributed by atoms with Gasteiger partial charge in [0.25, 0.3) is 0 Å². The van der Waals surface area contributed by atoms with Crippen molar-refractivity contribution >= 4 is 5.97 Å². The van der Waals surface area contributed by atoms with Crippen LogP contribution in [-0.4, -0.2) is 38.1 Å². The predicted octanol–water partition coefficient (Wildman–Crippen LogP) is 0.612. The summed E-state index contributed by atoms with van der Waals surface area (Å²) in [5.74, 6) is -0.332. The van der Waals surface area contributed by atoms with Crippen LogP contribution in [0, 0.1) is 0 Å². The molecular formula is C9H16FNO3. The summed E-state index contributed by atoms with van der Waals surface area (Å²) in [5.41, 5.74) is 0. The lowest BCUT2D eigenvalue weighted by Crippen LogP contribution is -2.53. The molecule has 1 fully saturated rings. The fraction of sp³-hybridized carbons (Fsp3) is 0.889. The Kier molecular flexibility index (Phi) is 4.28. The highest BCUT2D eigenvalue weighted by Crippen LogP contribution is 2.17. The fourth-order valence-electron chi connectivity index (χ4n) is 1.51. The first kappa shape index (κ1) is 11.4. The summed E-state index contributed by atoms with van der Waals surface area (Å²) >= 11 is 0. The molecule has 0 aromatic carbocycles. The number of ether oxygens (including phenoxy) is 2. The van der Waals surface area contributed by atoms with Crippen LogP contribution in [0.3, 0.4) is 0 Å². The molecule has 1 aliphatic rings. The van der Waals surface area contributed by atoms with Crippen molar-refractivity contribution in [2.45, 2.75) is 38.2 Å². The molecule has 1 rings (SSSR count). The molecule has 0 spiro atoms. The Morgan fingerprint density at radius 3 is 2.86 bits per heavy atom. The van der Waals surface area contributed by atoms with E-state index in [0.717, 1.165) is 0 Å². The minimum absolute atomic E-state index is 0.328. The van der Waals surface area contributed by atoms with Gasteiger partial charge in [0.05, 0.1) is 6.61 Å². The Morgan fingerprint density at radius 1 is 1.57 bits per heavy atom. The monoisotopic (exact) mass is 205 g/mol. The number of carbonyl (C=O) groups excluding carboxylic acids is 1. The number of carbonyl (C=O) groups is 1. The van der Waals surface area contributed by atoms with Gasteiger partial charge in [0.15, 0.2) is 0 Å². The number of hydrogen-bond acceptors (Lipinski definition) is 4. The van der Waals surface area contributed by atoms with Crippen molar-refractivity contribution < 1.29 is 18.7 Å². The van der Waals surface area contributed by atoms with Crippen LogP contribution in [0.5, 0.6) is 0 Å². The molecule has 3 unspecified atom stereocenters. The minimum Gasteiger partial charge on any atom is -0.465 e. The molecule has 0 aromatic rings. The van der Waals surface area contributed by atoms with Crippen molar-refractivity contribution in [2.24, 2.45) is 0 Å². The van der Waals surface area contributed by atoms with Crippen molar-refractivity contribution in [2.75, 3.05) is 13.7 Å². The molecule has 1 saturated heterocycles. The van der Waals surface area contributed by atoms with E-state index >= 15 is 0 Å². The Bertz CT molecular complexity index is 200. The van der Waals surface area contributed by atoms with E-state index < -0.39 is 18.4 Å². The highest BCUT2D eigenvalue weighted by atomic mass is 19.1. The van der Waals surface area contributed by atoms with E-state index in [1.807, 2.05) is 0 Å². The average molecular weight is 205 g/mol. The van der Waals surface area contributed by atoms with Gasteiger partial charge in [-0.1, -0.05) is 0 Å². The van der Waals surface area contributed by atoms with Crippen LogP contribution >= 0.6 is 0 Å². The summed E-state index contributed by atoms with van der Waals surface area (Å²) < 4.78 is 22.8. The van der Waals surface area contributed by atoms with E-state index in [1.54, 1.807) is 6.92 Å². The quantitative estimate of drug-likeness (QED) is 0.686. The van der Waals surface area contributed by atoms with Crippen molar-refractivity contribution in [3.05, 3.63) is 0 Å². The smallest absolute Gasteiger partial charge is 0.323 e. The van der Waals surface area contributed by atoms with Crippen LogP contribution < -0.4 is 5.32 Å². The lowest BCUT2D eigenvalue weighted by atomic mass is 10.0. The number of methoxy groups -OCH3 is 1. The van der Waals surface area contributed by atoms with E-state index in [9.17, 15) is 9.18 Å². The van der Waals surface area contributed by atoms with Crippen LogP contribution in [0.15, 0.2) is 0 Å². The maximum atomic E-state index is 13.1. The normalized spacial score (nSPS) is 32.6. The van der Waals surface area contributed by atoms with E-state index in [2.05, 4.69) is 5.32 Å². The third-order valence-corrected chi connectivity index (χ3v) is 2.25. The predicted molar refractivity (Wildman–Crippen MR) is 48.5 cm³/mol. The molecule has 3 atom stereocenters. The third kappa shape index (κ3) is 2.65. The molecule has 82 valence electrons. The van der Waals surface area contributed by atoms with E-state index in [1.165, 1.54) is 7.11 Å². The Hall–Kier alpha value is -0.680. The van der Waals surface area contributed by atoms with Crippen molar-refractivity contribution in [1.82, 2.24) is 5.32 Å². The summed E-state index contributed by atoms with van der Waals surface area (Å²) in [6, 6.07) is -0.438. The molecule has 0 aromatic heterocycles. The van der Waals surface area contributed by atoms with Gasteiger partial charge in [-0.25, -0.2) is 4.39 Å². The van der Waals surface area contributed by atoms with Gasteiger partial charge in [-0.3, -0.25) is 10.1 Å². The number of esters is 1.